The largest absolute Gasteiger partial charge is 1.00 e. The summed E-state index contributed by atoms with van der Waals surface area (Å²) >= 11 is 0. The number of hydrogen-bond acceptors (Lipinski definition) is 2. The monoisotopic (exact) mass is 394 g/mol. The second kappa shape index (κ2) is 6.49. The van der Waals surface area contributed by atoms with E-state index in [9.17, 15) is 0 Å². The van der Waals surface area contributed by atoms with E-state index in [-0.39, 0.29) is 26.3 Å². The van der Waals surface area contributed by atoms with Crippen LogP contribution in [0.3, 0.4) is 0 Å². The minimum atomic E-state index is 0. The Kier molecular flexibility index (Phi) is 5.01. The topological polar surface area (TPSA) is 25.8 Å². The van der Waals surface area contributed by atoms with E-state index < -0.39 is 0 Å². The van der Waals surface area contributed by atoms with Gasteiger partial charge in [0.25, 0.3) is 0 Å². The van der Waals surface area contributed by atoms with E-state index in [4.69, 9.17) is 0 Å². The van der Waals surface area contributed by atoms with Gasteiger partial charge >= 0.3 is 1.43 Å². The predicted octanol–water partition coefficient (Wildman–Crippen LogP) is 5.40. The molecular weight excluding hydrogens is 371 g/mol. The van der Waals surface area contributed by atoms with E-state index in [1.807, 2.05) is 36.7 Å². The Morgan fingerprint density at radius 1 is 0.870 bits per heavy atom. The Hall–Kier alpha value is -1.60. The van der Waals surface area contributed by atoms with E-state index >= 15 is 0 Å². The summed E-state index contributed by atoms with van der Waals surface area (Å²) < 4.78 is 0. The molecule has 3 rings (SSSR count). The molecule has 0 bridgehead atoms. The molecule has 0 aliphatic heterocycles. The van der Waals surface area contributed by atoms with Gasteiger partial charge < -0.3 is 0 Å². The fourth-order valence-electron chi connectivity index (χ4n) is 3.45. The fourth-order valence-corrected chi connectivity index (χ4v) is 3.45. The van der Waals surface area contributed by atoms with Crippen LogP contribution in [0.1, 0.15) is 41.6 Å². The van der Waals surface area contributed by atoms with Crippen molar-refractivity contribution in [1.29, 1.82) is 0 Å². The molecule has 0 atom stereocenters. The number of rotatable bonds is 2. The second-order valence-electron chi connectivity index (χ2n) is 6.49. The Bertz CT molecular complexity index is 792. The summed E-state index contributed by atoms with van der Waals surface area (Å²) in [5.41, 5.74) is 8.70. The Morgan fingerprint density at radius 3 is 2.13 bits per heavy atom. The molecule has 0 fully saturated rings. The molecule has 0 spiro atoms. The average molecular weight is 394 g/mol. The SMILES string of the molecule is CC1=C(C)C(C)(C)C(c2cccnc2-c2ccccn2)=C1C.[H+].[Rh]. The van der Waals surface area contributed by atoms with Crippen LogP contribution in [0.4, 0.5) is 0 Å². The standard InChI is InChI=1S/C20H22N2.Rh/c1-13-14(2)18(20(4,5)15(13)3)16-9-8-12-22-19(16)17-10-6-7-11-21-17;/h6-12H,1-5H3;/p+1. The van der Waals surface area contributed by atoms with E-state index in [1.54, 1.807) is 0 Å². The molecule has 2 aromatic rings. The van der Waals surface area contributed by atoms with Crippen LogP contribution in [-0.2, 0) is 19.5 Å². The molecule has 1 radical (unpaired) electrons. The maximum atomic E-state index is 4.63. The molecule has 0 unspecified atom stereocenters. The third-order valence-corrected chi connectivity index (χ3v) is 5.05. The van der Waals surface area contributed by atoms with E-state index in [0.29, 0.717) is 0 Å². The van der Waals surface area contributed by atoms with Gasteiger partial charge in [0.1, 0.15) is 0 Å². The predicted molar refractivity (Wildman–Crippen MR) is 93.3 cm³/mol. The van der Waals surface area contributed by atoms with Gasteiger partial charge in [0.2, 0.25) is 0 Å². The molecule has 0 aromatic carbocycles. The summed E-state index contributed by atoms with van der Waals surface area (Å²) in [5.74, 6) is 0. The molecule has 1 aliphatic carbocycles. The average Bonchev–Trinajstić information content (AvgIpc) is 2.68. The summed E-state index contributed by atoms with van der Waals surface area (Å²) in [6, 6.07) is 10.2. The number of hydrogen-bond donors (Lipinski definition) is 0. The van der Waals surface area contributed by atoms with Crippen molar-refractivity contribution in [2.75, 3.05) is 0 Å². The minimum absolute atomic E-state index is 0. The Labute approximate surface area is 153 Å². The van der Waals surface area contributed by atoms with Gasteiger partial charge in [-0.1, -0.05) is 31.6 Å². The zero-order valence-electron chi connectivity index (χ0n) is 15.3. The van der Waals surface area contributed by atoms with Crippen molar-refractivity contribution >= 4 is 5.57 Å². The molecule has 2 nitrogen and oxygen atoms in total. The molecule has 1 aliphatic rings. The number of pyridine rings is 2. The van der Waals surface area contributed by atoms with Gasteiger partial charge in [-0.05, 0) is 55.7 Å². The van der Waals surface area contributed by atoms with Crippen LogP contribution in [0.15, 0.2) is 59.4 Å². The van der Waals surface area contributed by atoms with Gasteiger partial charge in [-0.2, -0.15) is 0 Å². The first-order chi connectivity index (χ1) is 10.4. The van der Waals surface area contributed by atoms with Crippen LogP contribution in [0, 0.1) is 5.41 Å². The fraction of sp³-hybridized carbons (Fsp3) is 0.300. The van der Waals surface area contributed by atoms with Crippen molar-refractivity contribution in [3.8, 4) is 11.4 Å². The van der Waals surface area contributed by atoms with E-state index in [2.05, 4.69) is 50.7 Å². The first-order valence-corrected chi connectivity index (χ1v) is 7.71. The van der Waals surface area contributed by atoms with E-state index in [1.165, 1.54) is 27.9 Å². The molecule has 0 saturated carbocycles. The van der Waals surface area contributed by atoms with Crippen molar-refractivity contribution in [3.05, 3.63) is 65.0 Å². The third-order valence-electron chi connectivity index (χ3n) is 5.05. The zero-order chi connectivity index (χ0) is 15.9. The van der Waals surface area contributed by atoms with Gasteiger partial charge in [0, 0.05) is 42.9 Å². The Morgan fingerprint density at radius 2 is 1.57 bits per heavy atom. The van der Waals surface area contributed by atoms with E-state index in [0.717, 1.165) is 11.4 Å². The van der Waals surface area contributed by atoms with Crippen LogP contribution in [0.2, 0.25) is 0 Å². The summed E-state index contributed by atoms with van der Waals surface area (Å²) in [7, 11) is 0. The smallest absolute Gasteiger partial charge is 0.255 e. The number of allylic oxidation sites excluding steroid dienone is 4. The molecule has 121 valence electrons. The molecule has 0 saturated heterocycles. The maximum absolute atomic E-state index is 4.63. The van der Waals surface area contributed by atoms with Crippen LogP contribution < -0.4 is 0 Å². The van der Waals surface area contributed by atoms with Crippen LogP contribution in [-0.4, -0.2) is 9.97 Å². The van der Waals surface area contributed by atoms with Gasteiger partial charge in [-0.15, -0.1) is 0 Å². The molecule has 3 heteroatoms. The van der Waals surface area contributed by atoms with Gasteiger partial charge in [0.05, 0.1) is 11.4 Å². The summed E-state index contributed by atoms with van der Waals surface area (Å²) in [4.78, 5) is 9.12. The molecular formula is C20H23N2Rh+. The minimum Gasteiger partial charge on any atom is -0.255 e. The molecule has 23 heavy (non-hydrogen) atoms. The van der Waals surface area contributed by atoms with Crippen molar-refractivity contribution in [1.82, 2.24) is 9.97 Å². The van der Waals surface area contributed by atoms with Crippen molar-refractivity contribution in [2.24, 2.45) is 5.41 Å². The van der Waals surface area contributed by atoms with Crippen LogP contribution in [0.5, 0.6) is 0 Å². The normalized spacial score (nSPS) is 16.6. The maximum Gasteiger partial charge on any atom is 1.00 e. The van der Waals surface area contributed by atoms with Crippen LogP contribution >= 0.6 is 0 Å². The first kappa shape index (κ1) is 17.8. The van der Waals surface area contributed by atoms with Crippen LogP contribution in [0.25, 0.3) is 17.0 Å². The second-order valence-corrected chi connectivity index (χ2v) is 6.49. The van der Waals surface area contributed by atoms with Crippen molar-refractivity contribution < 1.29 is 20.9 Å². The van der Waals surface area contributed by atoms with Gasteiger partial charge in [-0.3, -0.25) is 9.97 Å². The summed E-state index contributed by atoms with van der Waals surface area (Å²) in [5, 5.41) is 0. The Balaban J connectivity index is 0.00000144. The molecule has 0 amide bonds. The van der Waals surface area contributed by atoms with Crippen molar-refractivity contribution in [3.63, 3.8) is 0 Å². The van der Waals surface area contributed by atoms with Crippen molar-refractivity contribution in [2.45, 2.75) is 34.6 Å². The first-order valence-electron chi connectivity index (χ1n) is 7.71. The molecule has 0 N–H and O–H groups in total. The molecule has 2 heterocycles. The quantitative estimate of drug-likeness (QED) is 0.637. The van der Waals surface area contributed by atoms with Gasteiger partial charge in [0.15, 0.2) is 0 Å². The number of nitrogens with zero attached hydrogens (tertiary/aromatic N) is 2. The zero-order valence-corrected chi connectivity index (χ0v) is 15.9. The molecule has 2 aromatic heterocycles. The summed E-state index contributed by atoms with van der Waals surface area (Å²) in [6.07, 6.45) is 3.67. The summed E-state index contributed by atoms with van der Waals surface area (Å²) in [6.45, 7) is 11.3. The number of aromatic nitrogens is 2. The van der Waals surface area contributed by atoms with Gasteiger partial charge in [-0.25, -0.2) is 0 Å². The third kappa shape index (κ3) is 2.83.